The van der Waals surface area contributed by atoms with Crippen molar-refractivity contribution >= 4 is 22.7 Å². The van der Waals surface area contributed by atoms with Gasteiger partial charge in [-0.2, -0.15) is 10.2 Å². The molecule has 1 aliphatic rings. The third kappa shape index (κ3) is 3.41. The van der Waals surface area contributed by atoms with Gasteiger partial charge in [-0.25, -0.2) is 15.0 Å². The highest BCUT2D eigenvalue weighted by atomic mass is 16.5. The van der Waals surface area contributed by atoms with E-state index in [1.807, 2.05) is 12.1 Å². The summed E-state index contributed by atoms with van der Waals surface area (Å²) in [5, 5.41) is 12.4. The average molecular weight is 350 g/mol. The Morgan fingerprint density at radius 2 is 2.23 bits per heavy atom. The van der Waals surface area contributed by atoms with Crippen molar-refractivity contribution in [2.45, 2.75) is 18.9 Å². The van der Waals surface area contributed by atoms with Crippen molar-refractivity contribution in [2.75, 3.05) is 25.5 Å². The van der Waals surface area contributed by atoms with Crippen molar-refractivity contribution in [1.82, 2.24) is 29.8 Å². The summed E-state index contributed by atoms with van der Waals surface area (Å²) in [5.41, 5.74) is 1.83. The molecule has 1 saturated heterocycles. The minimum absolute atomic E-state index is 0.00364. The van der Waals surface area contributed by atoms with Crippen LogP contribution in [0.4, 0.5) is 11.6 Å². The third-order valence-electron chi connectivity index (χ3n) is 4.27. The van der Waals surface area contributed by atoms with Gasteiger partial charge in [-0.15, -0.1) is 0 Å². The molecule has 0 saturated carbocycles. The number of nitrogens with one attached hydrogen (secondary N) is 2. The van der Waals surface area contributed by atoms with Crippen LogP contribution >= 0.6 is 0 Å². The number of nitrogens with zero attached hydrogens (tertiary/aromatic N) is 6. The summed E-state index contributed by atoms with van der Waals surface area (Å²) in [6, 6.07) is 3.85. The van der Waals surface area contributed by atoms with E-state index in [2.05, 4.69) is 42.2 Å². The van der Waals surface area contributed by atoms with Gasteiger partial charge in [0.15, 0.2) is 5.82 Å². The quantitative estimate of drug-likeness (QED) is 0.732. The zero-order valence-electron chi connectivity index (χ0n) is 14.3. The number of rotatable bonds is 4. The number of likely N-dealkylation sites (N-methyl/N-ethyl adjacent to an activating group) is 1. The van der Waals surface area contributed by atoms with Gasteiger partial charge in [0.1, 0.15) is 18.0 Å². The lowest BCUT2D eigenvalue weighted by molar-refractivity contribution is 0.0994. The van der Waals surface area contributed by atoms with Crippen LogP contribution in [0.25, 0.3) is 11.0 Å². The molecule has 2 N–H and O–H groups in total. The summed E-state index contributed by atoms with van der Waals surface area (Å²) in [4.78, 5) is 22.3. The van der Waals surface area contributed by atoms with Crippen molar-refractivity contribution < 1.29 is 4.74 Å². The molecule has 0 spiro atoms. The number of nitriles is 1. The number of H-pyrrole nitrogens is 1. The Morgan fingerprint density at radius 1 is 1.31 bits per heavy atom. The van der Waals surface area contributed by atoms with E-state index in [0.29, 0.717) is 11.6 Å². The van der Waals surface area contributed by atoms with E-state index in [9.17, 15) is 5.26 Å². The van der Waals surface area contributed by atoms with Crippen molar-refractivity contribution in [1.29, 1.82) is 5.26 Å². The molecule has 4 rings (SSSR count). The number of hydrogen-bond donors (Lipinski definition) is 2. The Balaban J connectivity index is 1.55. The Hall–Kier alpha value is -3.25. The number of ether oxygens (including phenoxy) is 1. The summed E-state index contributed by atoms with van der Waals surface area (Å²) in [6.45, 7) is 1.86. The van der Waals surface area contributed by atoms with E-state index in [4.69, 9.17) is 4.74 Å². The van der Waals surface area contributed by atoms with Crippen LogP contribution in [-0.4, -0.2) is 56.1 Å². The van der Waals surface area contributed by atoms with Gasteiger partial charge in [0, 0.05) is 12.6 Å². The van der Waals surface area contributed by atoms with Gasteiger partial charge in [0.25, 0.3) is 5.88 Å². The Bertz CT molecular complexity index is 963. The highest BCUT2D eigenvalue weighted by Crippen LogP contribution is 2.22. The van der Waals surface area contributed by atoms with Crippen LogP contribution in [0.3, 0.4) is 0 Å². The maximum atomic E-state index is 9.29. The zero-order valence-corrected chi connectivity index (χ0v) is 14.3. The number of piperidine rings is 1. The number of anilines is 2. The van der Waals surface area contributed by atoms with Crippen LogP contribution < -0.4 is 10.1 Å². The molecule has 26 heavy (non-hydrogen) atoms. The van der Waals surface area contributed by atoms with E-state index in [1.54, 1.807) is 12.5 Å². The average Bonchev–Trinajstić information content (AvgIpc) is 3.10. The first kappa shape index (κ1) is 16.2. The first-order valence-electron chi connectivity index (χ1n) is 8.40. The van der Waals surface area contributed by atoms with Gasteiger partial charge in [0.05, 0.1) is 29.8 Å². The highest BCUT2D eigenvalue weighted by molar-refractivity contribution is 5.77. The summed E-state index contributed by atoms with van der Waals surface area (Å²) < 4.78 is 5.97. The molecule has 0 radical (unpaired) electrons. The number of imidazole rings is 1. The second-order valence-electron chi connectivity index (χ2n) is 6.28. The highest BCUT2D eigenvalue weighted by Gasteiger charge is 2.21. The zero-order chi connectivity index (χ0) is 17.9. The second-order valence-corrected chi connectivity index (χ2v) is 6.28. The van der Waals surface area contributed by atoms with Crippen molar-refractivity contribution in [2.24, 2.45) is 0 Å². The molecule has 0 aromatic carbocycles. The maximum absolute atomic E-state index is 9.29. The molecule has 0 aliphatic carbocycles. The number of hydrogen-bond acceptors (Lipinski definition) is 8. The van der Waals surface area contributed by atoms with Crippen LogP contribution in [0.1, 0.15) is 18.5 Å². The third-order valence-corrected chi connectivity index (χ3v) is 4.27. The van der Waals surface area contributed by atoms with Crippen LogP contribution in [0.15, 0.2) is 24.8 Å². The van der Waals surface area contributed by atoms with E-state index in [1.165, 1.54) is 6.20 Å². The summed E-state index contributed by atoms with van der Waals surface area (Å²) in [6.07, 6.45) is 6.80. The number of aromatic nitrogens is 5. The number of fused-ring (bicyclic) bond motifs is 1. The Morgan fingerprint density at radius 3 is 3.08 bits per heavy atom. The molecule has 4 heterocycles. The Kier molecular flexibility index (Phi) is 4.33. The van der Waals surface area contributed by atoms with Crippen LogP contribution in [0.2, 0.25) is 0 Å². The van der Waals surface area contributed by atoms with Gasteiger partial charge in [-0.1, -0.05) is 0 Å². The fourth-order valence-electron chi connectivity index (χ4n) is 3.00. The van der Waals surface area contributed by atoms with Gasteiger partial charge >= 0.3 is 0 Å². The lowest BCUT2D eigenvalue weighted by Crippen LogP contribution is -2.38. The van der Waals surface area contributed by atoms with Gasteiger partial charge in [-0.3, -0.25) is 0 Å². The summed E-state index contributed by atoms with van der Waals surface area (Å²) in [5.74, 6) is 1.30. The molecule has 9 heteroatoms. The first-order valence-corrected chi connectivity index (χ1v) is 8.40. The van der Waals surface area contributed by atoms with E-state index in [-0.39, 0.29) is 17.7 Å². The smallest absolute Gasteiger partial charge is 0.253 e. The fourth-order valence-corrected chi connectivity index (χ4v) is 3.00. The maximum Gasteiger partial charge on any atom is 0.253 e. The molecule has 132 valence electrons. The molecule has 1 aliphatic heterocycles. The first-order chi connectivity index (χ1) is 12.7. The van der Waals surface area contributed by atoms with Crippen LogP contribution in [0, 0.1) is 11.3 Å². The largest absolute Gasteiger partial charge is 0.471 e. The number of aromatic amines is 1. The lowest BCUT2D eigenvalue weighted by atomic mass is 10.1. The summed E-state index contributed by atoms with van der Waals surface area (Å²) >= 11 is 0. The van der Waals surface area contributed by atoms with Gasteiger partial charge < -0.3 is 19.9 Å². The molecule has 0 amide bonds. The molecule has 0 bridgehead atoms. The molecular weight excluding hydrogens is 332 g/mol. The minimum atomic E-state index is 0.00364. The van der Waals surface area contributed by atoms with E-state index < -0.39 is 0 Å². The molecular formula is C17H18N8O. The fraction of sp³-hybridized carbons (Fsp3) is 0.353. The van der Waals surface area contributed by atoms with Crippen LogP contribution in [-0.2, 0) is 0 Å². The number of pyridine rings is 1. The molecule has 3 aromatic rings. The van der Waals surface area contributed by atoms with Crippen molar-refractivity contribution in [3.05, 3.63) is 30.5 Å². The Labute approximate surface area is 150 Å². The monoisotopic (exact) mass is 350 g/mol. The SMILES string of the molecule is CN1CCCC(Oc2nc(Nc3cc4nc[nH]c4cn3)cnc2C#N)C1. The summed E-state index contributed by atoms with van der Waals surface area (Å²) in [7, 11) is 2.06. The lowest BCUT2D eigenvalue weighted by Gasteiger charge is -2.29. The number of likely N-dealkylation sites (tertiary alicyclic amines) is 1. The topological polar surface area (TPSA) is 116 Å². The van der Waals surface area contributed by atoms with Crippen LogP contribution in [0.5, 0.6) is 5.88 Å². The normalized spacial score (nSPS) is 17.8. The van der Waals surface area contributed by atoms with Gasteiger partial charge in [-0.05, 0) is 26.4 Å². The predicted molar refractivity (Wildman–Crippen MR) is 95.1 cm³/mol. The molecule has 1 unspecified atom stereocenters. The van der Waals surface area contributed by atoms with E-state index in [0.717, 1.165) is 37.0 Å². The molecule has 9 nitrogen and oxygen atoms in total. The molecule has 3 aromatic heterocycles. The molecule has 1 atom stereocenters. The van der Waals surface area contributed by atoms with E-state index >= 15 is 0 Å². The minimum Gasteiger partial charge on any atom is -0.471 e. The second kappa shape index (κ2) is 6.93. The van der Waals surface area contributed by atoms with Crippen molar-refractivity contribution in [3.63, 3.8) is 0 Å². The predicted octanol–water partition coefficient (Wildman–Crippen LogP) is 1.84. The standard InChI is InChI=1S/C17H18N8O/c1-25-4-2-3-11(9-25)26-17-13(6-18)19-8-16(24-17)23-15-5-12-14(7-20-15)22-10-21-12/h5,7-8,10-11H,2-4,9H2,1H3,(H,21,22)(H,20,23,24). The molecule has 1 fully saturated rings. The van der Waals surface area contributed by atoms with Crippen molar-refractivity contribution in [3.8, 4) is 11.9 Å². The van der Waals surface area contributed by atoms with Gasteiger partial charge in [0.2, 0.25) is 5.69 Å².